The Bertz CT molecular complexity index is 363. The zero-order chi connectivity index (χ0) is 13.5. The number of halogens is 1. The summed E-state index contributed by atoms with van der Waals surface area (Å²) >= 11 is 0. The summed E-state index contributed by atoms with van der Waals surface area (Å²) in [6, 6.07) is 6.13. The van der Waals surface area contributed by atoms with Crippen LogP contribution in [0, 0.1) is 11.7 Å². The van der Waals surface area contributed by atoms with Crippen LogP contribution >= 0.6 is 0 Å². The minimum Gasteiger partial charge on any atom is -0.493 e. The van der Waals surface area contributed by atoms with E-state index in [0.717, 1.165) is 26.1 Å². The minimum atomic E-state index is -0.237. The monoisotopic (exact) mass is 267 g/mol. The van der Waals surface area contributed by atoms with Gasteiger partial charge in [0.05, 0.1) is 12.7 Å². The Balaban J connectivity index is 1.58. The molecule has 4 heteroatoms. The molecule has 1 heterocycles. The molecule has 19 heavy (non-hydrogen) atoms. The molecule has 0 spiro atoms. The van der Waals surface area contributed by atoms with Crippen LogP contribution in [0.2, 0.25) is 0 Å². The molecule has 0 aromatic heterocycles. The first-order valence-electron chi connectivity index (χ1n) is 6.94. The van der Waals surface area contributed by atoms with E-state index in [1.54, 1.807) is 12.1 Å². The van der Waals surface area contributed by atoms with Gasteiger partial charge in [-0.2, -0.15) is 0 Å². The third-order valence-corrected chi connectivity index (χ3v) is 3.24. The van der Waals surface area contributed by atoms with Crippen LogP contribution in [0.3, 0.4) is 0 Å². The summed E-state index contributed by atoms with van der Waals surface area (Å²) in [5, 5.41) is 3.41. The van der Waals surface area contributed by atoms with Gasteiger partial charge in [0, 0.05) is 25.6 Å². The smallest absolute Gasteiger partial charge is 0.123 e. The second-order valence-electron chi connectivity index (χ2n) is 5.16. The van der Waals surface area contributed by atoms with E-state index < -0.39 is 0 Å². The van der Waals surface area contributed by atoms with Crippen LogP contribution in [0.4, 0.5) is 4.39 Å². The quantitative estimate of drug-likeness (QED) is 0.823. The zero-order valence-corrected chi connectivity index (χ0v) is 11.4. The van der Waals surface area contributed by atoms with Gasteiger partial charge in [-0.3, -0.25) is 0 Å². The number of ether oxygens (including phenoxy) is 2. The van der Waals surface area contributed by atoms with Gasteiger partial charge in [-0.05, 0) is 37.1 Å². The van der Waals surface area contributed by atoms with Crippen molar-refractivity contribution in [1.82, 2.24) is 5.32 Å². The summed E-state index contributed by atoms with van der Waals surface area (Å²) in [5.74, 6) is 0.887. The Morgan fingerprint density at radius 3 is 2.89 bits per heavy atom. The Morgan fingerprint density at radius 2 is 2.21 bits per heavy atom. The van der Waals surface area contributed by atoms with Gasteiger partial charge in [0.15, 0.2) is 0 Å². The molecule has 1 aromatic carbocycles. The van der Waals surface area contributed by atoms with Gasteiger partial charge in [0.1, 0.15) is 11.6 Å². The number of benzene rings is 1. The van der Waals surface area contributed by atoms with Crippen LogP contribution in [-0.2, 0) is 4.74 Å². The average Bonchev–Trinajstić information content (AvgIpc) is 2.91. The third kappa shape index (κ3) is 5.17. The second-order valence-corrected chi connectivity index (χ2v) is 5.16. The van der Waals surface area contributed by atoms with Gasteiger partial charge in [0.2, 0.25) is 0 Å². The predicted octanol–water partition coefficient (Wildman–Crippen LogP) is 2.61. The SMILES string of the molecule is C[C@H](CNC[C@H]1CCCO1)COc1ccc(F)cc1. The first-order valence-corrected chi connectivity index (χ1v) is 6.94. The molecule has 0 radical (unpaired) electrons. The highest BCUT2D eigenvalue weighted by Gasteiger charge is 2.15. The lowest BCUT2D eigenvalue weighted by Gasteiger charge is -2.16. The van der Waals surface area contributed by atoms with Crippen molar-refractivity contribution in [2.45, 2.75) is 25.9 Å². The Kier molecular flexibility index (Phi) is 5.61. The van der Waals surface area contributed by atoms with Crippen LogP contribution < -0.4 is 10.1 Å². The van der Waals surface area contributed by atoms with E-state index in [4.69, 9.17) is 9.47 Å². The first-order chi connectivity index (χ1) is 9.24. The second kappa shape index (κ2) is 7.46. The van der Waals surface area contributed by atoms with Crippen molar-refractivity contribution in [3.63, 3.8) is 0 Å². The summed E-state index contributed by atoms with van der Waals surface area (Å²) in [5.41, 5.74) is 0. The number of hydrogen-bond donors (Lipinski definition) is 1. The average molecular weight is 267 g/mol. The van der Waals surface area contributed by atoms with Crippen molar-refractivity contribution in [2.24, 2.45) is 5.92 Å². The van der Waals surface area contributed by atoms with Crippen LogP contribution in [0.15, 0.2) is 24.3 Å². The molecule has 0 unspecified atom stereocenters. The lowest BCUT2D eigenvalue weighted by molar-refractivity contribution is 0.108. The van der Waals surface area contributed by atoms with E-state index in [9.17, 15) is 4.39 Å². The van der Waals surface area contributed by atoms with E-state index in [2.05, 4.69) is 12.2 Å². The van der Waals surface area contributed by atoms with Crippen molar-refractivity contribution < 1.29 is 13.9 Å². The van der Waals surface area contributed by atoms with E-state index >= 15 is 0 Å². The predicted molar refractivity (Wildman–Crippen MR) is 72.9 cm³/mol. The van der Waals surface area contributed by atoms with Crippen molar-refractivity contribution in [1.29, 1.82) is 0 Å². The fraction of sp³-hybridized carbons (Fsp3) is 0.600. The standard InChI is InChI=1S/C15H22FNO2/c1-12(9-17-10-15-3-2-8-18-15)11-19-14-6-4-13(16)5-7-14/h4-7,12,15,17H,2-3,8-11H2,1H3/t12-,15-/m1/s1. The lowest BCUT2D eigenvalue weighted by Crippen LogP contribution is -2.31. The van der Waals surface area contributed by atoms with Crippen LogP contribution in [0.1, 0.15) is 19.8 Å². The minimum absolute atomic E-state index is 0.237. The molecule has 0 aliphatic carbocycles. The highest BCUT2D eigenvalue weighted by atomic mass is 19.1. The molecule has 3 nitrogen and oxygen atoms in total. The zero-order valence-electron chi connectivity index (χ0n) is 11.4. The maximum atomic E-state index is 12.7. The van der Waals surface area contributed by atoms with E-state index in [1.165, 1.54) is 18.6 Å². The maximum Gasteiger partial charge on any atom is 0.123 e. The lowest BCUT2D eigenvalue weighted by atomic mass is 10.2. The molecule has 1 aliphatic rings. The number of nitrogens with one attached hydrogen (secondary N) is 1. The fourth-order valence-corrected chi connectivity index (χ4v) is 2.12. The van der Waals surface area contributed by atoms with Crippen molar-refractivity contribution in [3.05, 3.63) is 30.1 Å². The number of hydrogen-bond acceptors (Lipinski definition) is 3. The van der Waals surface area contributed by atoms with Gasteiger partial charge in [0.25, 0.3) is 0 Å². The molecule has 106 valence electrons. The van der Waals surface area contributed by atoms with Gasteiger partial charge < -0.3 is 14.8 Å². The van der Waals surface area contributed by atoms with Crippen LogP contribution in [0.5, 0.6) is 5.75 Å². The topological polar surface area (TPSA) is 30.5 Å². The normalized spacial score (nSPS) is 20.4. The largest absolute Gasteiger partial charge is 0.493 e. The third-order valence-electron chi connectivity index (χ3n) is 3.24. The van der Waals surface area contributed by atoms with Gasteiger partial charge in [-0.1, -0.05) is 6.92 Å². The Morgan fingerprint density at radius 1 is 1.42 bits per heavy atom. The molecule has 1 aliphatic heterocycles. The summed E-state index contributed by atoms with van der Waals surface area (Å²) in [7, 11) is 0. The van der Waals surface area contributed by atoms with E-state index in [1.807, 2.05) is 0 Å². The van der Waals surface area contributed by atoms with Gasteiger partial charge >= 0.3 is 0 Å². The number of rotatable bonds is 7. The van der Waals surface area contributed by atoms with Crippen molar-refractivity contribution in [3.8, 4) is 5.75 Å². The molecule has 1 fully saturated rings. The summed E-state index contributed by atoms with van der Waals surface area (Å²) < 4.78 is 23.9. The Hall–Kier alpha value is -1.13. The van der Waals surface area contributed by atoms with Crippen LogP contribution in [0.25, 0.3) is 0 Å². The summed E-state index contributed by atoms with van der Waals surface area (Å²) in [6.07, 6.45) is 2.72. The molecule has 1 N–H and O–H groups in total. The molecular weight excluding hydrogens is 245 g/mol. The van der Waals surface area contributed by atoms with Crippen LogP contribution in [-0.4, -0.2) is 32.4 Å². The Labute approximate surface area is 114 Å². The molecule has 0 amide bonds. The highest BCUT2D eigenvalue weighted by molar-refractivity contribution is 5.21. The molecule has 1 aromatic rings. The molecule has 1 saturated heterocycles. The molecule has 0 bridgehead atoms. The summed E-state index contributed by atoms with van der Waals surface area (Å²) in [6.45, 7) is 5.48. The molecular formula is C15H22FNO2. The molecule has 0 saturated carbocycles. The van der Waals surface area contributed by atoms with E-state index in [-0.39, 0.29) is 5.82 Å². The maximum absolute atomic E-state index is 12.7. The van der Waals surface area contributed by atoms with Gasteiger partial charge in [-0.25, -0.2) is 4.39 Å². The van der Waals surface area contributed by atoms with Crippen molar-refractivity contribution in [2.75, 3.05) is 26.3 Å². The molecule has 2 rings (SSSR count). The summed E-state index contributed by atoms with van der Waals surface area (Å²) in [4.78, 5) is 0. The first kappa shape index (κ1) is 14.3. The molecule has 2 atom stereocenters. The van der Waals surface area contributed by atoms with E-state index in [0.29, 0.717) is 24.4 Å². The fourth-order valence-electron chi connectivity index (χ4n) is 2.12. The highest BCUT2D eigenvalue weighted by Crippen LogP contribution is 2.13. The van der Waals surface area contributed by atoms with Gasteiger partial charge in [-0.15, -0.1) is 0 Å². The van der Waals surface area contributed by atoms with Crippen molar-refractivity contribution >= 4 is 0 Å².